The van der Waals surface area contributed by atoms with Crippen LogP contribution in [0.3, 0.4) is 0 Å². The second-order valence-corrected chi connectivity index (χ2v) is 2.71. The van der Waals surface area contributed by atoms with E-state index in [0.29, 0.717) is 11.5 Å². The molecule has 0 fully saturated rings. The largest absolute Gasteiger partial charge is 0.382 e. The van der Waals surface area contributed by atoms with Gasteiger partial charge in [-0.05, 0) is 0 Å². The first-order chi connectivity index (χ1) is 5.77. The molecule has 0 saturated heterocycles. The van der Waals surface area contributed by atoms with Gasteiger partial charge >= 0.3 is 0 Å². The Morgan fingerprint density at radius 3 is 3.17 bits per heavy atom. The van der Waals surface area contributed by atoms with Crippen LogP contribution in [0.15, 0.2) is 11.3 Å². The average Bonchev–Trinajstić information content (AvgIpc) is 2.04. The Bertz CT molecular complexity index is 333. The molecule has 2 N–H and O–H groups in total. The minimum absolute atomic E-state index is 0.448. The summed E-state index contributed by atoms with van der Waals surface area (Å²) in [7, 11) is 1.94. The number of aromatic nitrogens is 2. The van der Waals surface area contributed by atoms with Gasteiger partial charge in [0, 0.05) is 7.05 Å². The summed E-state index contributed by atoms with van der Waals surface area (Å²) in [6.45, 7) is 0.742. The summed E-state index contributed by atoms with van der Waals surface area (Å²) in [5.41, 5.74) is 7.19. The predicted molar refractivity (Wildman–Crippen MR) is 46.1 cm³/mol. The summed E-state index contributed by atoms with van der Waals surface area (Å²) in [4.78, 5) is 14.0. The first-order valence-electron chi connectivity index (χ1n) is 3.61. The molecule has 2 rings (SSSR count). The Morgan fingerprint density at radius 2 is 2.33 bits per heavy atom. The molecule has 0 radical (unpaired) electrons. The van der Waals surface area contributed by atoms with E-state index in [1.165, 1.54) is 6.33 Å². The fourth-order valence-corrected chi connectivity index (χ4v) is 1.12. The molecule has 0 unspecified atom stereocenters. The van der Waals surface area contributed by atoms with E-state index in [1.807, 2.05) is 11.9 Å². The molecule has 0 spiro atoms. The number of hydrogen-bond donors (Lipinski definition) is 1. The molecule has 0 amide bonds. The molecule has 2 heterocycles. The Morgan fingerprint density at radius 1 is 1.50 bits per heavy atom. The van der Waals surface area contributed by atoms with Crippen molar-refractivity contribution in [2.24, 2.45) is 4.99 Å². The molecule has 0 atom stereocenters. The van der Waals surface area contributed by atoms with Crippen LogP contribution >= 0.6 is 0 Å². The summed E-state index contributed by atoms with van der Waals surface area (Å²) in [6, 6.07) is 0. The summed E-state index contributed by atoms with van der Waals surface area (Å²) >= 11 is 0. The zero-order valence-electron chi connectivity index (χ0n) is 6.73. The number of rotatable bonds is 0. The van der Waals surface area contributed by atoms with Crippen LogP contribution in [0, 0.1) is 0 Å². The lowest BCUT2D eigenvalue weighted by Crippen LogP contribution is -2.20. The van der Waals surface area contributed by atoms with Crippen molar-refractivity contribution < 1.29 is 0 Å². The molecule has 1 aromatic heterocycles. The molecule has 0 saturated carbocycles. The van der Waals surface area contributed by atoms with Crippen LogP contribution in [-0.4, -0.2) is 28.3 Å². The normalized spacial score (nSPS) is 14.6. The highest BCUT2D eigenvalue weighted by Gasteiger charge is 2.12. The maximum atomic E-state index is 5.60. The topological polar surface area (TPSA) is 67.4 Å². The lowest BCUT2D eigenvalue weighted by atomic mass is 10.3. The molecular formula is C7H9N5. The van der Waals surface area contributed by atoms with Crippen molar-refractivity contribution in [1.82, 2.24) is 14.9 Å². The SMILES string of the molecule is CN1C=Nc2c(N)ncnc2C1. The molecule has 62 valence electrons. The van der Waals surface area contributed by atoms with Gasteiger partial charge in [0.25, 0.3) is 0 Å². The Balaban J connectivity index is 2.53. The van der Waals surface area contributed by atoms with Crippen molar-refractivity contribution >= 4 is 17.8 Å². The number of anilines is 1. The monoisotopic (exact) mass is 163 g/mol. The first kappa shape index (κ1) is 7.02. The third-order valence-corrected chi connectivity index (χ3v) is 1.71. The van der Waals surface area contributed by atoms with Gasteiger partial charge in [-0.3, -0.25) is 0 Å². The van der Waals surface area contributed by atoms with Gasteiger partial charge in [-0.15, -0.1) is 0 Å². The van der Waals surface area contributed by atoms with E-state index >= 15 is 0 Å². The minimum atomic E-state index is 0.448. The van der Waals surface area contributed by atoms with E-state index in [-0.39, 0.29) is 0 Å². The standard InChI is InChI=1S/C7H9N5/c1-12-2-5-6(11-4-12)7(8)10-3-9-5/h3-4H,2H2,1H3,(H2,8,9,10). The van der Waals surface area contributed by atoms with E-state index < -0.39 is 0 Å². The maximum absolute atomic E-state index is 5.60. The Labute approximate surface area is 70.0 Å². The van der Waals surface area contributed by atoms with Gasteiger partial charge < -0.3 is 10.6 Å². The predicted octanol–water partition coefficient (Wildman–Crippen LogP) is 0.164. The van der Waals surface area contributed by atoms with Crippen molar-refractivity contribution in [3.05, 3.63) is 12.0 Å². The molecule has 5 heteroatoms. The third kappa shape index (κ3) is 0.990. The van der Waals surface area contributed by atoms with Crippen LogP contribution in [0.4, 0.5) is 11.5 Å². The van der Waals surface area contributed by atoms with Crippen molar-refractivity contribution in [2.45, 2.75) is 6.54 Å². The molecule has 0 bridgehead atoms. The molecule has 12 heavy (non-hydrogen) atoms. The molecule has 0 aromatic carbocycles. The number of hydrogen-bond acceptors (Lipinski definition) is 5. The average molecular weight is 163 g/mol. The summed E-state index contributed by atoms with van der Waals surface area (Å²) in [5, 5.41) is 0. The highest BCUT2D eigenvalue weighted by atomic mass is 15.2. The first-order valence-corrected chi connectivity index (χ1v) is 3.61. The van der Waals surface area contributed by atoms with Crippen molar-refractivity contribution in [1.29, 1.82) is 0 Å². The number of nitrogen functional groups attached to an aromatic ring is 1. The van der Waals surface area contributed by atoms with E-state index in [0.717, 1.165) is 12.2 Å². The van der Waals surface area contributed by atoms with Crippen LogP contribution in [0.25, 0.3) is 0 Å². The smallest absolute Gasteiger partial charge is 0.153 e. The van der Waals surface area contributed by atoms with Gasteiger partial charge in [-0.2, -0.15) is 0 Å². The molecule has 0 aliphatic carbocycles. The number of aliphatic imine (C=N–C) groups is 1. The maximum Gasteiger partial charge on any atom is 0.153 e. The van der Waals surface area contributed by atoms with Crippen LogP contribution in [0.1, 0.15) is 5.69 Å². The zero-order valence-corrected chi connectivity index (χ0v) is 6.73. The molecule has 1 aliphatic heterocycles. The highest BCUT2D eigenvalue weighted by molar-refractivity contribution is 5.71. The fourth-order valence-electron chi connectivity index (χ4n) is 1.12. The Hall–Kier alpha value is -1.65. The van der Waals surface area contributed by atoms with Gasteiger partial charge in [0.15, 0.2) is 5.82 Å². The van der Waals surface area contributed by atoms with Crippen LogP contribution in [0.5, 0.6) is 0 Å². The minimum Gasteiger partial charge on any atom is -0.382 e. The van der Waals surface area contributed by atoms with E-state index in [1.54, 1.807) is 6.34 Å². The number of nitrogens with two attached hydrogens (primary N) is 1. The van der Waals surface area contributed by atoms with Crippen molar-refractivity contribution in [3.8, 4) is 0 Å². The second kappa shape index (κ2) is 2.44. The zero-order chi connectivity index (χ0) is 8.55. The molecule has 5 nitrogen and oxygen atoms in total. The molecule has 1 aliphatic rings. The Kier molecular flexibility index (Phi) is 1.43. The third-order valence-electron chi connectivity index (χ3n) is 1.71. The molecular weight excluding hydrogens is 154 g/mol. The van der Waals surface area contributed by atoms with E-state index in [9.17, 15) is 0 Å². The second-order valence-electron chi connectivity index (χ2n) is 2.71. The van der Waals surface area contributed by atoms with Gasteiger partial charge in [0.2, 0.25) is 0 Å². The van der Waals surface area contributed by atoms with Crippen molar-refractivity contribution in [2.75, 3.05) is 12.8 Å². The van der Waals surface area contributed by atoms with Gasteiger partial charge in [0.1, 0.15) is 12.0 Å². The van der Waals surface area contributed by atoms with Crippen LogP contribution in [-0.2, 0) is 6.54 Å². The van der Waals surface area contributed by atoms with Gasteiger partial charge in [-0.25, -0.2) is 15.0 Å². The van der Waals surface area contributed by atoms with Crippen molar-refractivity contribution in [3.63, 3.8) is 0 Å². The summed E-state index contributed by atoms with van der Waals surface area (Å²) < 4.78 is 0. The quantitative estimate of drug-likeness (QED) is 0.591. The van der Waals surface area contributed by atoms with Crippen LogP contribution in [0.2, 0.25) is 0 Å². The summed E-state index contributed by atoms with van der Waals surface area (Å²) in [6.07, 6.45) is 3.19. The van der Waals surface area contributed by atoms with Crippen LogP contribution < -0.4 is 5.73 Å². The fraction of sp³-hybridized carbons (Fsp3) is 0.286. The lowest BCUT2D eigenvalue weighted by Gasteiger charge is -2.18. The van der Waals surface area contributed by atoms with Gasteiger partial charge in [0.05, 0.1) is 18.6 Å². The number of fused-ring (bicyclic) bond motifs is 1. The molecule has 1 aromatic rings. The van der Waals surface area contributed by atoms with E-state index in [2.05, 4.69) is 15.0 Å². The van der Waals surface area contributed by atoms with E-state index in [4.69, 9.17) is 5.73 Å². The van der Waals surface area contributed by atoms with Gasteiger partial charge in [-0.1, -0.05) is 0 Å². The lowest BCUT2D eigenvalue weighted by molar-refractivity contribution is 0.499. The number of nitrogens with zero attached hydrogens (tertiary/aromatic N) is 4. The highest BCUT2D eigenvalue weighted by Crippen LogP contribution is 2.25. The summed E-state index contributed by atoms with van der Waals surface area (Å²) in [5.74, 6) is 0.448.